The Kier molecular flexibility index (Phi) is 8.39. The van der Waals surface area contributed by atoms with Gasteiger partial charge in [0.1, 0.15) is 10.6 Å². The number of amides is 1. The Morgan fingerprint density at radius 3 is 2.55 bits per heavy atom. The number of nitrogens with one attached hydrogen (secondary N) is 1. The topological polar surface area (TPSA) is 78.9 Å². The predicted molar refractivity (Wildman–Crippen MR) is 130 cm³/mol. The first kappa shape index (κ1) is 25.5. The van der Waals surface area contributed by atoms with Gasteiger partial charge in [-0.3, -0.25) is 4.79 Å². The first-order valence-corrected chi connectivity index (χ1v) is 12.8. The first-order chi connectivity index (χ1) is 15.6. The van der Waals surface area contributed by atoms with E-state index in [0.29, 0.717) is 25.6 Å². The number of rotatable bonds is 8. The highest BCUT2D eigenvalue weighted by Gasteiger charge is 2.31. The molecule has 1 heterocycles. The number of hydrogen-bond donors (Lipinski definition) is 1. The third-order valence-electron chi connectivity index (χ3n) is 6.01. The average molecular weight is 494 g/mol. The van der Waals surface area contributed by atoms with E-state index in [4.69, 9.17) is 16.3 Å². The molecule has 180 valence electrons. The SMILES string of the molecule is COc1ccc(C(CNC(=O)c2ccc(Cl)c(S(=O)(=O)N3CCCC(C)C3)c2)N(C)C)cc1. The van der Waals surface area contributed by atoms with Gasteiger partial charge in [0.2, 0.25) is 10.0 Å². The summed E-state index contributed by atoms with van der Waals surface area (Å²) >= 11 is 6.26. The Bertz CT molecular complexity index is 1070. The van der Waals surface area contributed by atoms with Crippen LogP contribution in [0.4, 0.5) is 0 Å². The van der Waals surface area contributed by atoms with Crippen molar-refractivity contribution < 1.29 is 17.9 Å². The van der Waals surface area contributed by atoms with E-state index in [0.717, 1.165) is 24.2 Å². The number of hydrogen-bond acceptors (Lipinski definition) is 5. The molecule has 0 spiro atoms. The number of carbonyl (C=O) groups excluding carboxylic acids is 1. The van der Waals surface area contributed by atoms with Crippen LogP contribution in [0.2, 0.25) is 5.02 Å². The molecule has 2 aromatic carbocycles. The maximum atomic E-state index is 13.2. The van der Waals surface area contributed by atoms with Gasteiger partial charge in [-0.25, -0.2) is 8.42 Å². The molecule has 1 saturated heterocycles. The fourth-order valence-electron chi connectivity index (χ4n) is 4.06. The van der Waals surface area contributed by atoms with E-state index < -0.39 is 10.0 Å². The fourth-order valence-corrected chi connectivity index (χ4v) is 6.16. The number of sulfonamides is 1. The number of methoxy groups -OCH3 is 1. The zero-order valence-electron chi connectivity index (χ0n) is 19.5. The van der Waals surface area contributed by atoms with Crippen LogP contribution in [-0.2, 0) is 10.0 Å². The van der Waals surface area contributed by atoms with Crippen LogP contribution >= 0.6 is 11.6 Å². The van der Waals surface area contributed by atoms with Gasteiger partial charge in [-0.1, -0.05) is 30.7 Å². The normalized spacial score (nSPS) is 18.2. The molecule has 2 aromatic rings. The lowest BCUT2D eigenvalue weighted by Gasteiger charge is -2.30. The Morgan fingerprint density at radius 1 is 1.24 bits per heavy atom. The van der Waals surface area contributed by atoms with Crippen molar-refractivity contribution in [3.05, 3.63) is 58.6 Å². The Hall–Kier alpha value is -2.13. The molecule has 1 aliphatic rings. The first-order valence-electron chi connectivity index (χ1n) is 11.0. The van der Waals surface area contributed by atoms with E-state index in [2.05, 4.69) is 5.32 Å². The van der Waals surface area contributed by atoms with Gasteiger partial charge in [0.05, 0.1) is 18.2 Å². The minimum atomic E-state index is -3.77. The molecule has 7 nitrogen and oxygen atoms in total. The molecule has 1 amide bonds. The van der Waals surface area contributed by atoms with Crippen LogP contribution in [0.5, 0.6) is 5.75 Å². The molecular formula is C24H32ClN3O4S. The smallest absolute Gasteiger partial charge is 0.251 e. The highest BCUT2D eigenvalue weighted by molar-refractivity contribution is 7.89. The van der Waals surface area contributed by atoms with Crippen molar-refractivity contribution in [2.75, 3.05) is 40.8 Å². The summed E-state index contributed by atoms with van der Waals surface area (Å²) in [5, 5.41) is 3.05. The van der Waals surface area contributed by atoms with Crippen molar-refractivity contribution in [2.24, 2.45) is 5.92 Å². The van der Waals surface area contributed by atoms with E-state index in [1.807, 2.05) is 50.2 Å². The Labute approximate surface area is 201 Å². The molecule has 0 bridgehead atoms. The number of halogens is 1. The van der Waals surface area contributed by atoms with Crippen molar-refractivity contribution in [3.63, 3.8) is 0 Å². The van der Waals surface area contributed by atoms with Gasteiger partial charge in [0, 0.05) is 25.2 Å². The van der Waals surface area contributed by atoms with Crippen molar-refractivity contribution in [1.29, 1.82) is 0 Å². The summed E-state index contributed by atoms with van der Waals surface area (Å²) in [4.78, 5) is 14.9. The molecule has 0 aliphatic carbocycles. The molecular weight excluding hydrogens is 462 g/mol. The minimum Gasteiger partial charge on any atom is -0.497 e. The molecule has 1 N–H and O–H groups in total. The van der Waals surface area contributed by atoms with Gasteiger partial charge < -0.3 is 15.0 Å². The van der Waals surface area contributed by atoms with Crippen LogP contribution in [0.15, 0.2) is 47.4 Å². The Balaban J connectivity index is 1.77. The minimum absolute atomic E-state index is 0.0229. The van der Waals surface area contributed by atoms with Gasteiger partial charge in [-0.05, 0) is 68.8 Å². The summed E-state index contributed by atoms with van der Waals surface area (Å²) in [7, 11) is 1.72. The van der Waals surface area contributed by atoms with Gasteiger partial charge in [-0.15, -0.1) is 0 Å². The quantitative estimate of drug-likeness (QED) is 0.605. The highest BCUT2D eigenvalue weighted by atomic mass is 35.5. The molecule has 9 heteroatoms. The van der Waals surface area contributed by atoms with Gasteiger partial charge >= 0.3 is 0 Å². The number of ether oxygens (including phenoxy) is 1. The molecule has 1 aliphatic heterocycles. The van der Waals surface area contributed by atoms with E-state index in [1.165, 1.54) is 16.4 Å². The molecule has 33 heavy (non-hydrogen) atoms. The number of carbonyl (C=O) groups is 1. The van der Waals surface area contributed by atoms with Crippen molar-refractivity contribution >= 4 is 27.5 Å². The molecule has 2 unspecified atom stereocenters. The summed E-state index contributed by atoms with van der Waals surface area (Å²) in [6.07, 6.45) is 1.82. The number of likely N-dealkylation sites (N-methyl/N-ethyl adjacent to an activating group) is 1. The molecule has 0 radical (unpaired) electrons. The standard InChI is InChI=1S/C24H32ClN3O4S/c1-17-6-5-13-28(16-17)33(30,31)23-14-19(9-12-21(23)25)24(29)26-15-22(27(2)3)18-7-10-20(32-4)11-8-18/h7-12,14,17,22H,5-6,13,15-16H2,1-4H3,(H,26,29). The Morgan fingerprint density at radius 2 is 1.94 bits per heavy atom. The van der Waals surface area contributed by atoms with E-state index >= 15 is 0 Å². The number of nitrogens with zero attached hydrogens (tertiary/aromatic N) is 2. The summed E-state index contributed by atoms with van der Waals surface area (Å²) in [5.74, 6) is 0.702. The zero-order chi connectivity index (χ0) is 24.2. The van der Waals surface area contributed by atoms with E-state index in [-0.39, 0.29) is 27.4 Å². The number of benzene rings is 2. The van der Waals surface area contributed by atoms with Crippen LogP contribution in [0.25, 0.3) is 0 Å². The lowest BCUT2D eigenvalue weighted by atomic mass is 10.0. The lowest BCUT2D eigenvalue weighted by Crippen LogP contribution is -2.39. The van der Waals surface area contributed by atoms with E-state index in [9.17, 15) is 13.2 Å². The van der Waals surface area contributed by atoms with Crippen molar-refractivity contribution in [1.82, 2.24) is 14.5 Å². The zero-order valence-corrected chi connectivity index (χ0v) is 21.1. The van der Waals surface area contributed by atoms with Crippen LogP contribution < -0.4 is 10.1 Å². The van der Waals surface area contributed by atoms with Crippen LogP contribution in [0.3, 0.4) is 0 Å². The van der Waals surface area contributed by atoms with Gasteiger partial charge in [0.25, 0.3) is 5.91 Å². The molecule has 3 rings (SSSR count). The van der Waals surface area contributed by atoms with Crippen LogP contribution in [-0.4, -0.2) is 64.4 Å². The van der Waals surface area contributed by atoms with Crippen molar-refractivity contribution in [3.8, 4) is 5.75 Å². The summed E-state index contributed by atoms with van der Waals surface area (Å²) in [6, 6.07) is 12.0. The molecule has 0 saturated carbocycles. The molecule has 1 fully saturated rings. The largest absolute Gasteiger partial charge is 0.497 e. The summed E-state index contributed by atoms with van der Waals surface area (Å²) < 4.78 is 33.1. The van der Waals surface area contributed by atoms with Gasteiger partial charge in [0.15, 0.2) is 0 Å². The van der Waals surface area contributed by atoms with Gasteiger partial charge in [-0.2, -0.15) is 4.31 Å². The monoisotopic (exact) mass is 493 g/mol. The third-order valence-corrected chi connectivity index (χ3v) is 8.36. The number of piperidine rings is 1. The van der Waals surface area contributed by atoms with Crippen LogP contribution in [0, 0.1) is 5.92 Å². The highest BCUT2D eigenvalue weighted by Crippen LogP contribution is 2.29. The van der Waals surface area contributed by atoms with E-state index in [1.54, 1.807) is 13.2 Å². The third kappa shape index (κ3) is 6.06. The van der Waals surface area contributed by atoms with Crippen molar-refractivity contribution in [2.45, 2.75) is 30.7 Å². The molecule has 2 atom stereocenters. The average Bonchev–Trinajstić information content (AvgIpc) is 2.79. The maximum Gasteiger partial charge on any atom is 0.251 e. The fraction of sp³-hybridized carbons (Fsp3) is 0.458. The maximum absolute atomic E-state index is 13.2. The molecule has 0 aromatic heterocycles. The second kappa shape index (κ2) is 10.9. The second-order valence-electron chi connectivity index (χ2n) is 8.72. The van der Waals surface area contributed by atoms with Crippen LogP contribution in [0.1, 0.15) is 41.7 Å². The lowest BCUT2D eigenvalue weighted by molar-refractivity contribution is 0.0941. The summed E-state index contributed by atoms with van der Waals surface area (Å²) in [6.45, 7) is 3.32. The second-order valence-corrected chi connectivity index (χ2v) is 11.0. The predicted octanol–water partition coefficient (Wildman–Crippen LogP) is 3.80. The summed E-state index contributed by atoms with van der Waals surface area (Å²) in [5.41, 5.74) is 1.29.